The van der Waals surface area contributed by atoms with Crippen molar-refractivity contribution in [2.24, 2.45) is 0 Å². The summed E-state index contributed by atoms with van der Waals surface area (Å²) in [4.78, 5) is 8.01. The lowest BCUT2D eigenvalue weighted by Gasteiger charge is -2.09. The molecule has 0 aliphatic heterocycles. The number of hydrogen-bond donors (Lipinski definition) is 2. The van der Waals surface area contributed by atoms with Gasteiger partial charge in [-0.3, -0.25) is 4.98 Å². The van der Waals surface area contributed by atoms with Crippen molar-refractivity contribution in [3.05, 3.63) is 48.4 Å². The molecule has 0 saturated carbocycles. The summed E-state index contributed by atoms with van der Waals surface area (Å²) in [5.41, 5.74) is 1.17. The topological polar surface area (TPSA) is 67.3 Å². The number of benzene rings is 1. The molecule has 5 heteroatoms. The highest BCUT2D eigenvalue weighted by Gasteiger charge is 2.01. The first-order valence-electron chi connectivity index (χ1n) is 7.19. The van der Waals surface area contributed by atoms with Crippen LogP contribution in [0.4, 0.5) is 0 Å². The first kappa shape index (κ1) is 15.4. The molecule has 1 aromatic carbocycles. The summed E-state index contributed by atoms with van der Waals surface area (Å²) in [6, 6.07) is 7.84. The molecular formula is C16H21N3O2. The number of rotatable bonds is 8. The summed E-state index contributed by atoms with van der Waals surface area (Å²) in [6.45, 7) is 3.58. The summed E-state index contributed by atoms with van der Waals surface area (Å²) < 4.78 is 5.58. The van der Waals surface area contributed by atoms with Crippen LogP contribution >= 0.6 is 0 Å². The van der Waals surface area contributed by atoms with Crippen molar-refractivity contribution in [1.82, 2.24) is 15.3 Å². The van der Waals surface area contributed by atoms with E-state index in [4.69, 9.17) is 4.74 Å². The summed E-state index contributed by atoms with van der Waals surface area (Å²) >= 11 is 0. The Hall–Kier alpha value is -1.98. The van der Waals surface area contributed by atoms with Crippen molar-refractivity contribution in [3.8, 4) is 11.6 Å². The molecule has 2 rings (SSSR count). The van der Waals surface area contributed by atoms with Gasteiger partial charge in [-0.2, -0.15) is 0 Å². The predicted molar refractivity (Wildman–Crippen MR) is 81.2 cm³/mol. The Morgan fingerprint density at radius 3 is 2.71 bits per heavy atom. The predicted octanol–water partition coefficient (Wildman–Crippen LogP) is 2.52. The molecule has 0 radical (unpaired) electrons. The number of nitrogens with one attached hydrogen (secondary N) is 1. The maximum absolute atomic E-state index is 9.46. The molecule has 0 amide bonds. The van der Waals surface area contributed by atoms with Crippen LogP contribution in [0.25, 0.3) is 0 Å². The van der Waals surface area contributed by atoms with Crippen molar-refractivity contribution in [2.45, 2.75) is 32.4 Å². The Kier molecular flexibility index (Phi) is 6.12. The smallest absolute Gasteiger partial charge is 0.237 e. The molecular weight excluding hydrogens is 266 g/mol. The van der Waals surface area contributed by atoms with Gasteiger partial charge in [-0.1, -0.05) is 19.1 Å². The van der Waals surface area contributed by atoms with Gasteiger partial charge in [-0.25, -0.2) is 4.98 Å². The minimum atomic E-state index is -0.208. The second-order valence-electron chi connectivity index (χ2n) is 4.82. The Morgan fingerprint density at radius 2 is 2.05 bits per heavy atom. The van der Waals surface area contributed by atoms with Crippen LogP contribution in [0.2, 0.25) is 0 Å². The van der Waals surface area contributed by atoms with Crippen molar-refractivity contribution in [2.75, 3.05) is 6.54 Å². The zero-order valence-corrected chi connectivity index (χ0v) is 12.2. The maximum Gasteiger partial charge on any atom is 0.237 e. The zero-order valence-electron chi connectivity index (χ0n) is 12.2. The molecule has 1 aromatic heterocycles. The van der Waals surface area contributed by atoms with Crippen LogP contribution in [-0.4, -0.2) is 27.7 Å². The molecule has 0 aliphatic carbocycles. The van der Waals surface area contributed by atoms with E-state index in [0.717, 1.165) is 31.7 Å². The SMILES string of the molecule is CCC(O)CCNCc1ccc(Oc2cnccn2)cc1. The Balaban J connectivity index is 1.77. The third kappa shape index (κ3) is 5.49. The fraction of sp³-hybridized carbons (Fsp3) is 0.375. The monoisotopic (exact) mass is 287 g/mol. The fourth-order valence-corrected chi connectivity index (χ4v) is 1.84. The number of ether oxygens (including phenoxy) is 1. The zero-order chi connectivity index (χ0) is 14.9. The average Bonchev–Trinajstić information content (AvgIpc) is 2.54. The summed E-state index contributed by atoms with van der Waals surface area (Å²) in [5.74, 6) is 1.22. The minimum absolute atomic E-state index is 0.208. The number of nitrogens with zero attached hydrogens (tertiary/aromatic N) is 2. The molecule has 0 aliphatic rings. The Bertz CT molecular complexity index is 517. The van der Waals surface area contributed by atoms with Gasteiger partial charge in [0.2, 0.25) is 5.88 Å². The highest BCUT2D eigenvalue weighted by atomic mass is 16.5. The van der Waals surface area contributed by atoms with E-state index in [9.17, 15) is 5.11 Å². The number of aliphatic hydroxyl groups is 1. The molecule has 112 valence electrons. The van der Waals surface area contributed by atoms with E-state index >= 15 is 0 Å². The van der Waals surface area contributed by atoms with Crippen LogP contribution < -0.4 is 10.1 Å². The minimum Gasteiger partial charge on any atom is -0.438 e. The van der Waals surface area contributed by atoms with Gasteiger partial charge in [0.1, 0.15) is 5.75 Å². The number of aliphatic hydroxyl groups excluding tert-OH is 1. The molecule has 2 aromatic rings. The third-order valence-corrected chi connectivity index (χ3v) is 3.14. The summed E-state index contributed by atoms with van der Waals surface area (Å²) in [7, 11) is 0. The quantitative estimate of drug-likeness (QED) is 0.730. The van der Waals surface area contributed by atoms with E-state index in [1.807, 2.05) is 31.2 Å². The second-order valence-corrected chi connectivity index (χ2v) is 4.82. The van der Waals surface area contributed by atoms with Gasteiger partial charge in [0, 0.05) is 18.9 Å². The lowest BCUT2D eigenvalue weighted by molar-refractivity contribution is 0.159. The second kappa shape index (κ2) is 8.34. The largest absolute Gasteiger partial charge is 0.438 e. The van der Waals surface area contributed by atoms with Gasteiger partial charge in [0.15, 0.2) is 0 Å². The summed E-state index contributed by atoms with van der Waals surface area (Å²) in [5, 5.41) is 12.8. The van der Waals surface area contributed by atoms with E-state index in [-0.39, 0.29) is 6.10 Å². The molecule has 0 saturated heterocycles. The molecule has 1 atom stereocenters. The van der Waals surface area contributed by atoms with Crippen LogP contribution in [-0.2, 0) is 6.54 Å². The van der Waals surface area contributed by atoms with Gasteiger partial charge < -0.3 is 15.2 Å². The van der Waals surface area contributed by atoms with E-state index < -0.39 is 0 Å². The highest BCUT2D eigenvalue weighted by Crippen LogP contribution is 2.18. The lowest BCUT2D eigenvalue weighted by Crippen LogP contribution is -2.19. The van der Waals surface area contributed by atoms with Crippen LogP contribution in [0.15, 0.2) is 42.9 Å². The van der Waals surface area contributed by atoms with Crippen LogP contribution in [0.3, 0.4) is 0 Å². The first-order valence-corrected chi connectivity index (χ1v) is 7.19. The molecule has 1 heterocycles. The molecule has 0 fully saturated rings. The van der Waals surface area contributed by atoms with Crippen LogP contribution in [0.5, 0.6) is 11.6 Å². The van der Waals surface area contributed by atoms with E-state index in [1.165, 1.54) is 5.56 Å². The molecule has 0 spiro atoms. The van der Waals surface area contributed by atoms with Crippen molar-refractivity contribution in [3.63, 3.8) is 0 Å². The number of hydrogen-bond acceptors (Lipinski definition) is 5. The van der Waals surface area contributed by atoms with Crippen molar-refractivity contribution < 1.29 is 9.84 Å². The van der Waals surface area contributed by atoms with E-state index in [2.05, 4.69) is 15.3 Å². The number of aromatic nitrogens is 2. The van der Waals surface area contributed by atoms with Crippen molar-refractivity contribution in [1.29, 1.82) is 0 Å². The molecule has 21 heavy (non-hydrogen) atoms. The first-order chi connectivity index (χ1) is 10.3. The van der Waals surface area contributed by atoms with Gasteiger partial charge in [-0.15, -0.1) is 0 Å². The average molecular weight is 287 g/mol. The molecule has 0 bridgehead atoms. The molecule has 5 nitrogen and oxygen atoms in total. The Labute approximate surface area is 125 Å². The standard InChI is InChI=1S/C16H21N3O2/c1-2-14(20)7-8-17-11-13-3-5-15(6-4-13)21-16-12-18-9-10-19-16/h3-6,9-10,12,14,17,20H,2,7-8,11H2,1H3. The van der Waals surface area contributed by atoms with E-state index in [0.29, 0.717) is 5.88 Å². The van der Waals surface area contributed by atoms with Crippen LogP contribution in [0, 0.1) is 0 Å². The fourth-order valence-electron chi connectivity index (χ4n) is 1.84. The van der Waals surface area contributed by atoms with E-state index in [1.54, 1.807) is 18.6 Å². The van der Waals surface area contributed by atoms with Gasteiger partial charge in [0.05, 0.1) is 12.3 Å². The van der Waals surface area contributed by atoms with Crippen LogP contribution in [0.1, 0.15) is 25.3 Å². The molecule has 1 unspecified atom stereocenters. The highest BCUT2D eigenvalue weighted by molar-refractivity contribution is 5.29. The molecule has 2 N–H and O–H groups in total. The van der Waals surface area contributed by atoms with Gasteiger partial charge >= 0.3 is 0 Å². The lowest BCUT2D eigenvalue weighted by atomic mass is 10.2. The Morgan fingerprint density at radius 1 is 1.24 bits per heavy atom. The summed E-state index contributed by atoms with van der Waals surface area (Å²) in [6.07, 6.45) is 6.16. The normalized spacial score (nSPS) is 12.1. The third-order valence-electron chi connectivity index (χ3n) is 3.14. The maximum atomic E-state index is 9.46. The van der Waals surface area contributed by atoms with Gasteiger partial charge in [-0.05, 0) is 37.1 Å². The van der Waals surface area contributed by atoms with Crippen molar-refractivity contribution >= 4 is 0 Å². The van der Waals surface area contributed by atoms with Gasteiger partial charge in [0.25, 0.3) is 0 Å².